The molecule has 0 saturated carbocycles. The summed E-state index contributed by atoms with van der Waals surface area (Å²) in [7, 11) is -12.6. The summed E-state index contributed by atoms with van der Waals surface area (Å²) in [6.07, 6.45) is 0.768. The third kappa shape index (κ3) is 9.06. The molecule has 3 aromatic rings. The second-order valence-corrected chi connectivity index (χ2v) is 16.7. The number of phosphoric acid groups is 3. The molecule has 24 heteroatoms. The van der Waals surface area contributed by atoms with Crippen LogP contribution in [-0.4, -0.2) is 62.3 Å². The normalized spacial score (nSPS) is 19.4. The molecule has 0 bridgehead atoms. The summed E-state index contributed by atoms with van der Waals surface area (Å²) in [5, 5.41) is 22.9. The van der Waals surface area contributed by atoms with E-state index in [4.69, 9.17) is 24.5 Å². The summed E-state index contributed by atoms with van der Waals surface area (Å²) in [5.41, 5.74) is 6.44. The van der Waals surface area contributed by atoms with E-state index in [-0.39, 0.29) is 41.5 Å². The summed E-state index contributed by atoms with van der Waals surface area (Å²) in [4.78, 5) is 39.3. The first-order chi connectivity index (χ1) is 23.2. The van der Waals surface area contributed by atoms with Crippen molar-refractivity contribution in [3.8, 4) is 5.75 Å². The van der Waals surface area contributed by atoms with Crippen molar-refractivity contribution in [3.05, 3.63) is 63.5 Å². The number of aromatic nitrogens is 3. The summed E-state index contributed by atoms with van der Waals surface area (Å²) >= 11 is 0. The number of nitro groups is 1. The Hall–Kier alpha value is -3.45. The molecule has 5 atom stereocenters. The fourth-order valence-electron chi connectivity index (χ4n) is 4.89. The summed E-state index contributed by atoms with van der Waals surface area (Å²) in [5.74, 6) is -0.254. The van der Waals surface area contributed by atoms with Gasteiger partial charge in [0.05, 0.1) is 42.1 Å². The van der Waals surface area contributed by atoms with Crippen LogP contribution in [0.25, 0.3) is 11.0 Å². The second-order valence-electron chi connectivity index (χ2n) is 11.6. The Balaban J connectivity index is 1.56. The van der Waals surface area contributed by atoms with Crippen LogP contribution in [0.5, 0.6) is 5.75 Å². The van der Waals surface area contributed by atoms with E-state index in [2.05, 4.69) is 27.6 Å². The monoisotopic (exact) mass is 767 g/mol. The average molecular weight is 768 g/mol. The Morgan fingerprint density at radius 1 is 1.10 bits per heavy atom. The molecule has 1 aromatic carbocycles. The molecule has 2 aromatic heterocycles. The number of nitrogens with zero attached hydrogens (tertiary/aromatic N) is 4. The van der Waals surface area contributed by atoms with E-state index in [0.29, 0.717) is 23.8 Å². The lowest BCUT2D eigenvalue weighted by molar-refractivity contribution is -0.386. The second kappa shape index (κ2) is 15.0. The number of nitrogen functional groups attached to an aromatic ring is 1. The molecule has 1 aliphatic heterocycles. The molecule has 276 valence electrons. The Kier molecular flexibility index (Phi) is 11.8. The standard InChI is InChI=1S/C26H36N5O16P3/c1-26(2,3)23(17-9-16(40-4)7-8-18(17)31(33)34)43-12-15-11-30(25-22(15)24(27)28-14-29-25)21-10-19(32)20(45-21)13-44-49(37,38)47-50(39,42-6)46-48(35,36)41-5/h7-9,11,14,21,23,32H,10,12-13H2,1-6H3,(H,35,36)(H,37,38)(H2,27,28,29)/t21-,23-,50?/m1/s1. The fraction of sp³-hybridized carbons (Fsp3) is 0.462. The topological polar surface area (TPSA) is 286 Å². The molecular formula is C26H36N5O16P3. The molecule has 21 nitrogen and oxygen atoms in total. The van der Waals surface area contributed by atoms with Gasteiger partial charge in [-0.3, -0.25) is 28.3 Å². The maximum absolute atomic E-state index is 12.5. The van der Waals surface area contributed by atoms with Crippen molar-refractivity contribution < 1.29 is 69.9 Å². The van der Waals surface area contributed by atoms with Crippen LogP contribution in [0.1, 0.15) is 50.7 Å². The largest absolute Gasteiger partial charge is 0.508 e. The molecule has 0 fully saturated rings. The van der Waals surface area contributed by atoms with Crippen molar-refractivity contribution in [2.45, 2.75) is 46.1 Å². The van der Waals surface area contributed by atoms with Crippen molar-refractivity contribution in [2.24, 2.45) is 5.41 Å². The van der Waals surface area contributed by atoms with Crippen LogP contribution in [0.15, 0.2) is 42.2 Å². The minimum Gasteiger partial charge on any atom is -0.508 e. The van der Waals surface area contributed by atoms with E-state index in [1.807, 2.05) is 20.8 Å². The first-order valence-corrected chi connectivity index (χ1v) is 18.7. The molecule has 0 radical (unpaired) electrons. The quantitative estimate of drug-likeness (QED) is 0.0786. The number of rotatable bonds is 16. The van der Waals surface area contributed by atoms with Gasteiger partial charge in [-0.2, -0.15) is 8.62 Å². The number of nitro benzene ring substituents is 1. The van der Waals surface area contributed by atoms with E-state index in [1.165, 1.54) is 30.1 Å². The third-order valence-corrected chi connectivity index (χ3v) is 11.7. The highest BCUT2D eigenvalue weighted by atomic mass is 31.3. The van der Waals surface area contributed by atoms with Crippen LogP contribution in [0.2, 0.25) is 0 Å². The van der Waals surface area contributed by atoms with Gasteiger partial charge in [0.15, 0.2) is 12.0 Å². The molecular weight excluding hydrogens is 731 g/mol. The van der Waals surface area contributed by atoms with Crippen molar-refractivity contribution in [3.63, 3.8) is 0 Å². The van der Waals surface area contributed by atoms with Crippen LogP contribution in [0, 0.1) is 15.5 Å². The Labute approximate surface area is 284 Å². The van der Waals surface area contributed by atoms with E-state index in [0.717, 1.165) is 7.11 Å². The first kappa shape index (κ1) is 39.3. The van der Waals surface area contributed by atoms with Crippen LogP contribution >= 0.6 is 23.5 Å². The maximum atomic E-state index is 12.5. The number of aliphatic hydroxyl groups excluding tert-OH is 1. The van der Waals surface area contributed by atoms with Gasteiger partial charge in [-0.15, -0.1) is 0 Å². The predicted octanol–water partition coefficient (Wildman–Crippen LogP) is 5.57. The lowest BCUT2D eigenvalue weighted by Gasteiger charge is -2.31. The summed E-state index contributed by atoms with van der Waals surface area (Å²) in [6.45, 7) is 4.53. The van der Waals surface area contributed by atoms with Crippen LogP contribution in [0.4, 0.5) is 11.5 Å². The molecule has 0 amide bonds. The molecule has 1 aliphatic rings. The number of ether oxygens (including phenoxy) is 3. The van der Waals surface area contributed by atoms with Crippen molar-refractivity contribution in [2.75, 3.05) is 33.7 Å². The number of fused-ring (bicyclic) bond motifs is 1. The van der Waals surface area contributed by atoms with Gasteiger partial charge in [0, 0.05) is 32.0 Å². The molecule has 50 heavy (non-hydrogen) atoms. The number of methoxy groups -OCH3 is 1. The summed E-state index contributed by atoms with van der Waals surface area (Å²) < 4.78 is 77.4. The van der Waals surface area contributed by atoms with Gasteiger partial charge in [0.1, 0.15) is 35.9 Å². The number of aliphatic hydroxyl groups is 1. The highest BCUT2D eigenvalue weighted by molar-refractivity contribution is 7.67. The Bertz CT molecular complexity index is 1930. The van der Waals surface area contributed by atoms with Crippen LogP contribution in [-0.2, 0) is 52.0 Å². The fourth-order valence-corrected chi connectivity index (χ4v) is 8.57. The molecule has 0 spiro atoms. The van der Waals surface area contributed by atoms with Crippen molar-refractivity contribution >= 4 is 46.0 Å². The SMILES string of the molecule is COc1ccc([N+](=O)[O-])c([C@@H](OCc2cn([C@H]3CC(O)=C(COP(=O)(O)OP(=O)(OC)OP(=O)(O)OC)O3)c3ncnc(N)c23)C(C)(C)C)c1. The van der Waals surface area contributed by atoms with Gasteiger partial charge < -0.3 is 34.8 Å². The van der Waals surface area contributed by atoms with E-state index in [9.17, 15) is 38.7 Å². The third-order valence-electron chi connectivity index (χ3n) is 7.12. The average Bonchev–Trinajstić information content (AvgIpc) is 3.59. The lowest BCUT2D eigenvalue weighted by Crippen LogP contribution is -2.22. The lowest BCUT2D eigenvalue weighted by atomic mass is 9.83. The van der Waals surface area contributed by atoms with E-state index in [1.54, 1.807) is 12.3 Å². The number of anilines is 1. The number of nitrogens with two attached hydrogens (primary N) is 1. The van der Waals surface area contributed by atoms with Gasteiger partial charge in [-0.25, -0.2) is 23.7 Å². The minimum atomic E-state index is -5.35. The van der Waals surface area contributed by atoms with E-state index < -0.39 is 58.5 Å². The predicted molar refractivity (Wildman–Crippen MR) is 172 cm³/mol. The van der Waals surface area contributed by atoms with Gasteiger partial charge in [0.2, 0.25) is 0 Å². The van der Waals surface area contributed by atoms with Crippen LogP contribution in [0.3, 0.4) is 0 Å². The zero-order valence-corrected chi connectivity index (χ0v) is 30.2. The Morgan fingerprint density at radius 3 is 2.38 bits per heavy atom. The Morgan fingerprint density at radius 2 is 1.78 bits per heavy atom. The highest BCUT2D eigenvalue weighted by Gasteiger charge is 2.44. The number of hydrogen-bond donors (Lipinski definition) is 4. The number of hydrogen-bond acceptors (Lipinski definition) is 17. The van der Waals surface area contributed by atoms with Crippen LogP contribution < -0.4 is 10.5 Å². The van der Waals surface area contributed by atoms with Crippen molar-refractivity contribution in [1.29, 1.82) is 0 Å². The van der Waals surface area contributed by atoms with Gasteiger partial charge in [0.25, 0.3) is 5.69 Å². The minimum absolute atomic E-state index is 0.0785. The zero-order chi connectivity index (χ0) is 37.2. The number of benzene rings is 1. The van der Waals surface area contributed by atoms with Gasteiger partial charge in [-0.1, -0.05) is 20.8 Å². The first-order valence-electron chi connectivity index (χ1n) is 14.3. The van der Waals surface area contributed by atoms with E-state index >= 15 is 0 Å². The smallest absolute Gasteiger partial charge is 0.492 e. The van der Waals surface area contributed by atoms with Gasteiger partial charge >= 0.3 is 23.5 Å². The molecule has 3 heterocycles. The number of phosphoric ester groups is 2. The van der Waals surface area contributed by atoms with Crippen molar-refractivity contribution in [1.82, 2.24) is 14.5 Å². The summed E-state index contributed by atoms with van der Waals surface area (Å²) in [6, 6.07) is 4.36. The highest BCUT2D eigenvalue weighted by Crippen LogP contribution is 2.70. The molecule has 5 N–H and O–H groups in total. The molecule has 0 saturated heterocycles. The van der Waals surface area contributed by atoms with Gasteiger partial charge in [-0.05, 0) is 17.5 Å². The zero-order valence-electron chi connectivity index (χ0n) is 27.5. The maximum Gasteiger partial charge on any atom is 0.492 e. The molecule has 4 rings (SSSR count). The molecule has 0 aliphatic carbocycles. The molecule has 3 unspecified atom stereocenters.